The van der Waals surface area contributed by atoms with Crippen molar-refractivity contribution in [1.29, 1.82) is 0 Å². The van der Waals surface area contributed by atoms with Crippen molar-refractivity contribution in [2.75, 3.05) is 0 Å². The summed E-state index contributed by atoms with van der Waals surface area (Å²) in [5, 5.41) is 20.8. The summed E-state index contributed by atoms with van der Waals surface area (Å²) in [7, 11) is 0. The zero-order valence-corrected chi connectivity index (χ0v) is 10.9. The molecule has 2 amide bonds. The van der Waals surface area contributed by atoms with Gasteiger partial charge < -0.3 is 21.3 Å². The largest absolute Gasteiger partial charge is 0.507 e. The summed E-state index contributed by atoms with van der Waals surface area (Å²) in [4.78, 5) is 33.6. The molecule has 0 fully saturated rings. The Labute approximate surface area is 115 Å². The fourth-order valence-corrected chi connectivity index (χ4v) is 1.61. The van der Waals surface area contributed by atoms with E-state index in [4.69, 9.17) is 10.8 Å². The topological polar surface area (TPSA) is 130 Å². The van der Waals surface area contributed by atoms with Crippen molar-refractivity contribution in [3.05, 3.63) is 29.3 Å². The summed E-state index contributed by atoms with van der Waals surface area (Å²) in [6, 6.07) is 3.17. The van der Waals surface area contributed by atoms with E-state index < -0.39 is 23.8 Å². The van der Waals surface area contributed by atoms with E-state index in [0.29, 0.717) is 0 Å². The minimum absolute atomic E-state index is 0.0182. The van der Waals surface area contributed by atoms with E-state index in [2.05, 4.69) is 5.32 Å². The van der Waals surface area contributed by atoms with Crippen molar-refractivity contribution in [3.63, 3.8) is 0 Å². The molecular weight excluding hydrogens is 264 g/mol. The third-order valence-electron chi connectivity index (χ3n) is 2.68. The highest BCUT2D eigenvalue weighted by molar-refractivity contribution is 5.99. The van der Waals surface area contributed by atoms with E-state index in [1.807, 2.05) is 0 Å². The number of aromatic hydroxyl groups is 1. The standard InChI is InChI=1S/C13H16N2O5/c1-7-2-4-10(16)8(6-7)12(18)15-9(13(19)20)3-5-11(14)17/h2,4,6,9,16H,3,5H2,1H3,(H2,14,17)(H,15,18)(H,19,20)/t9-/m1/s1. The fraction of sp³-hybridized carbons (Fsp3) is 0.308. The van der Waals surface area contributed by atoms with Crippen LogP contribution in [0.5, 0.6) is 5.75 Å². The van der Waals surface area contributed by atoms with E-state index in [1.165, 1.54) is 12.1 Å². The van der Waals surface area contributed by atoms with E-state index >= 15 is 0 Å². The van der Waals surface area contributed by atoms with Crippen molar-refractivity contribution < 1.29 is 24.6 Å². The summed E-state index contributed by atoms with van der Waals surface area (Å²) < 4.78 is 0. The van der Waals surface area contributed by atoms with Gasteiger partial charge in [0.15, 0.2) is 0 Å². The van der Waals surface area contributed by atoms with Crippen LogP contribution in [0.3, 0.4) is 0 Å². The molecule has 0 aliphatic carbocycles. The number of nitrogens with one attached hydrogen (secondary N) is 1. The lowest BCUT2D eigenvalue weighted by molar-refractivity contribution is -0.139. The Morgan fingerprint density at radius 1 is 1.35 bits per heavy atom. The SMILES string of the molecule is Cc1ccc(O)c(C(=O)N[C@H](CCC(N)=O)C(=O)O)c1. The molecule has 7 heteroatoms. The van der Waals surface area contributed by atoms with Crippen LogP contribution in [0, 0.1) is 6.92 Å². The van der Waals surface area contributed by atoms with Gasteiger partial charge in [-0.25, -0.2) is 4.79 Å². The van der Waals surface area contributed by atoms with Gasteiger partial charge in [0.25, 0.3) is 5.91 Å². The summed E-state index contributed by atoms with van der Waals surface area (Å²) >= 11 is 0. The summed E-state index contributed by atoms with van der Waals surface area (Å²) in [5.41, 5.74) is 5.67. The quantitative estimate of drug-likeness (QED) is 0.589. The summed E-state index contributed by atoms with van der Waals surface area (Å²) in [6.07, 6.45) is -0.264. The fourth-order valence-electron chi connectivity index (χ4n) is 1.61. The molecule has 0 unspecified atom stereocenters. The number of carboxylic acid groups (broad SMARTS) is 1. The van der Waals surface area contributed by atoms with Gasteiger partial charge in [-0.2, -0.15) is 0 Å². The number of carboxylic acids is 1. The highest BCUT2D eigenvalue weighted by Gasteiger charge is 2.22. The Hall–Kier alpha value is -2.57. The number of carbonyl (C=O) groups excluding carboxylic acids is 2. The van der Waals surface area contributed by atoms with Crippen LogP contribution < -0.4 is 11.1 Å². The van der Waals surface area contributed by atoms with Crippen LogP contribution in [0.25, 0.3) is 0 Å². The third kappa shape index (κ3) is 4.27. The molecule has 0 radical (unpaired) electrons. The Morgan fingerprint density at radius 2 is 2.00 bits per heavy atom. The first kappa shape index (κ1) is 15.5. The molecule has 108 valence electrons. The Morgan fingerprint density at radius 3 is 2.55 bits per heavy atom. The maximum atomic E-state index is 11.9. The minimum Gasteiger partial charge on any atom is -0.507 e. The smallest absolute Gasteiger partial charge is 0.326 e. The number of nitrogens with two attached hydrogens (primary N) is 1. The molecule has 1 atom stereocenters. The minimum atomic E-state index is -1.27. The Bertz CT molecular complexity index is 542. The number of primary amides is 1. The van der Waals surface area contributed by atoms with E-state index in [-0.39, 0.29) is 24.2 Å². The van der Waals surface area contributed by atoms with E-state index in [1.54, 1.807) is 13.0 Å². The molecule has 0 aliphatic heterocycles. The molecule has 0 bridgehead atoms. The Balaban J connectivity index is 2.82. The molecule has 0 saturated heterocycles. The van der Waals surface area contributed by atoms with Crippen molar-refractivity contribution in [2.45, 2.75) is 25.8 Å². The molecule has 1 aromatic carbocycles. The monoisotopic (exact) mass is 280 g/mol. The molecule has 0 aliphatic rings. The molecule has 5 N–H and O–H groups in total. The number of phenolic OH excluding ortho intramolecular Hbond substituents is 1. The number of aliphatic carboxylic acids is 1. The molecule has 0 aromatic heterocycles. The van der Waals surface area contributed by atoms with Gasteiger partial charge in [0.05, 0.1) is 5.56 Å². The van der Waals surface area contributed by atoms with Gasteiger partial charge in [-0.1, -0.05) is 11.6 Å². The van der Waals surface area contributed by atoms with Crippen LogP contribution in [0.4, 0.5) is 0 Å². The molecular formula is C13H16N2O5. The zero-order valence-electron chi connectivity index (χ0n) is 10.9. The number of hydrogen-bond donors (Lipinski definition) is 4. The molecule has 1 aromatic rings. The molecule has 0 spiro atoms. The second-order valence-electron chi connectivity index (χ2n) is 4.39. The number of amides is 2. The molecule has 20 heavy (non-hydrogen) atoms. The third-order valence-corrected chi connectivity index (χ3v) is 2.68. The number of phenols is 1. The average Bonchev–Trinajstić information content (AvgIpc) is 2.36. The second kappa shape index (κ2) is 6.55. The van der Waals surface area contributed by atoms with Crippen LogP contribution in [-0.4, -0.2) is 34.0 Å². The van der Waals surface area contributed by atoms with E-state index in [9.17, 15) is 19.5 Å². The van der Waals surface area contributed by atoms with Gasteiger partial charge in [-0.05, 0) is 25.5 Å². The maximum Gasteiger partial charge on any atom is 0.326 e. The molecule has 7 nitrogen and oxygen atoms in total. The lowest BCUT2D eigenvalue weighted by Gasteiger charge is -2.14. The van der Waals surface area contributed by atoms with Crippen LogP contribution in [0.2, 0.25) is 0 Å². The number of benzene rings is 1. The number of carbonyl (C=O) groups is 3. The van der Waals surface area contributed by atoms with E-state index in [0.717, 1.165) is 5.56 Å². The van der Waals surface area contributed by atoms with Gasteiger partial charge in [-0.15, -0.1) is 0 Å². The van der Waals surface area contributed by atoms with Crippen molar-refractivity contribution >= 4 is 17.8 Å². The number of hydrogen-bond acceptors (Lipinski definition) is 4. The van der Waals surface area contributed by atoms with Crippen LogP contribution in [-0.2, 0) is 9.59 Å². The lowest BCUT2D eigenvalue weighted by Crippen LogP contribution is -2.41. The molecule has 0 saturated carbocycles. The van der Waals surface area contributed by atoms with Crippen molar-refractivity contribution in [2.24, 2.45) is 5.73 Å². The first-order valence-corrected chi connectivity index (χ1v) is 5.93. The predicted molar refractivity (Wildman–Crippen MR) is 70.2 cm³/mol. The zero-order chi connectivity index (χ0) is 15.3. The maximum absolute atomic E-state index is 11.9. The van der Waals surface area contributed by atoms with Crippen LogP contribution in [0.15, 0.2) is 18.2 Å². The van der Waals surface area contributed by atoms with Gasteiger partial charge in [-0.3, -0.25) is 9.59 Å². The highest BCUT2D eigenvalue weighted by atomic mass is 16.4. The average molecular weight is 280 g/mol. The summed E-state index contributed by atoms with van der Waals surface area (Å²) in [5.74, 6) is -2.88. The first-order chi connectivity index (χ1) is 9.31. The van der Waals surface area contributed by atoms with Crippen molar-refractivity contribution in [1.82, 2.24) is 5.32 Å². The van der Waals surface area contributed by atoms with Crippen LogP contribution in [0.1, 0.15) is 28.8 Å². The number of aryl methyl sites for hydroxylation is 1. The predicted octanol–water partition coefficient (Wildman–Crippen LogP) is 0.149. The first-order valence-electron chi connectivity index (χ1n) is 5.93. The second-order valence-corrected chi connectivity index (χ2v) is 4.39. The highest BCUT2D eigenvalue weighted by Crippen LogP contribution is 2.18. The number of rotatable bonds is 6. The van der Waals surface area contributed by atoms with Crippen LogP contribution >= 0.6 is 0 Å². The van der Waals surface area contributed by atoms with Crippen molar-refractivity contribution in [3.8, 4) is 5.75 Å². The Kier molecular flexibility index (Phi) is 5.08. The molecule has 0 heterocycles. The van der Waals surface area contributed by atoms with Gasteiger partial charge in [0, 0.05) is 6.42 Å². The van der Waals surface area contributed by atoms with Gasteiger partial charge in [0.2, 0.25) is 5.91 Å². The normalized spacial score (nSPS) is 11.7. The lowest BCUT2D eigenvalue weighted by atomic mass is 10.1. The molecule has 1 rings (SSSR count). The van der Waals surface area contributed by atoms with Gasteiger partial charge in [0.1, 0.15) is 11.8 Å². The van der Waals surface area contributed by atoms with Gasteiger partial charge >= 0.3 is 5.97 Å². The summed E-state index contributed by atoms with van der Waals surface area (Å²) in [6.45, 7) is 1.73.